The van der Waals surface area contributed by atoms with Crippen LogP contribution in [0.3, 0.4) is 0 Å². The molecule has 1 heterocycles. The van der Waals surface area contributed by atoms with E-state index in [0.29, 0.717) is 16.3 Å². The van der Waals surface area contributed by atoms with Gasteiger partial charge in [-0.05, 0) is 42.5 Å². The number of hydrogen-bond donors (Lipinski definition) is 0. The first-order chi connectivity index (χ1) is 11.3. The Bertz CT molecular complexity index is 1090. The normalized spacial score (nSPS) is 11.6. The molecule has 0 unspecified atom stereocenters. The molecule has 1 aromatic heterocycles. The van der Waals surface area contributed by atoms with Crippen molar-refractivity contribution >= 4 is 32.3 Å². The average Bonchev–Trinajstić information content (AvgIpc) is 2.58. The fourth-order valence-corrected chi connectivity index (χ4v) is 4.08. The zero-order valence-electron chi connectivity index (χ0n) is 13.0. The van der Waals surface area contributed by atoms with E-state index in [4.69, 9.17) is 16.3 Å². The molecule has 0 aliphatic rings. The summed E-state index contributed by atoms with van der Waals surface area (Å²) in [6.07, 6.45) is 1.33. The Morgan fingerprint density at radius 1 is 1.08 bits per heavy atom. The summed E-state index contributed by atoms with van der Waals surface area (Å²) in [4.78, 5) is 12.4. The van der Waals surface area contributed by atoms with Crippen LogP contribution in [0.4, 0.5) is 0 Å². The van der Waals surface area contributed by atoms with Gasteiger partial charge in [0.2, 0.25) is 15.3 Å². The van der Waals surface area contributed by atoms with Gasteiger partial charge in [-0.3, -0.25) is 4.79 Å². The summed E-state index contributed by atoms with van der Waals surface area (Å²) in [7, 11) is -0.778. The number of pyridine rings is 1. The molecular formula is C17H14ClNO4S. The van der Waals surface area contributed by atoms with Crippen molar-refractivity contribution < 1.29 is 13.2 Å². The van der Waals surface area contributed by atoms with Gasteiger partial charge in [-0.1, -0.05) is 11.6 Å². The number of sulfone groups is 1. The highest BCUT2D eigenvalue weighted by molar-refractivity contribution is 7.91. The van der Waals surface area contributed by atoms with E-state index in [-0.39, 0.29) is 15.2 Å². The van der Waals surface area contributed by atoms with E-state index in [1.54, 1.807) is 23.7 Å². The second kappa shape index (κ2) is 5.96. The fraction of sp³-hybridized carbons (Fsp3) is 0.118. The number of rotatable bonds is 3. The maximum Gasteiger partial charge on any atom is 0.211 e. The van der Waals surface area contributed by atoms with Gasteiger partial charge in [-0.15, -0.1) is 0 Å². The highest BCUT2D eigenvalue weighted by Crippen LogP contribution is 2.24. The van der Waals surface area contributed by atoms with E-state index in [2.05, 4.69) is 0 Å². The molecule has 2 aromatic carbocycles. The Kier molecular flexibility index (Phi) is 4.11. The zero-order chi connectivity index (χ0) is 17.5. The summed E-state index contributed by atoms with van der Waals surface area (Å²) in [6, 6.07) is 10.7. The third-order valence-electron chi connectivity index (χ3n) is 3.78. The molecule has 7 heteroatoms. The number of benzene rings is 2. The van der Waals surface area contributed by atoms with E-state index in [1.807, 2.05) is 0 Å². The lowest BCUT2D eigenvalue weighted by Gasteiger charge is -2.10. The van der Waals surface area contributed by atoms with Crippen molar-refractivity contribution in [3.8, 4) is 5.75 Å². The van der Waals surface area contributed by atoms with Crippen LogP contribution in [0, 0.1) is 0 Å². The van der Waals surface area contributed by atoms with Crippen LogP contribution in [0.2, 0.25) is 5.02 Å². The van der Waals surface area contributed by atoms with Gasteiger partial charge in [-0.25, -0.2) is 8.42 Å². The van der Waals surface area contributed by atoms with E-state index < -0.39 is 15.3 Å². The van der Waals surface area contributed by atoms with Crippen LogP contribution in [-0.4, -0.2) is 20.1 Å². The third-order valence-corrected chi connectivity index (χ3v) is 5.77. The fourth-order valence-electron chi connectivity index (χ4n) is 2.51. The SMILES string of the molecule is COc1ccc(S(=O)(=O)c2cn(C)c3ccc(Cl)cc3c2=O)cc1. The van der Waals surface area contributed by atoms with Crippen LogP contribution in [-0.2, 0) is 16.9 Å². The predicted molar refractivity (Wildman–Crippen MR) is 92.6 cm³/mol. The summed E-state index contributed by atoms with van der Waals surface area (Å²) < 4.78 is 32.3. The molecule has 0 aliphatic heterocycles. The van der Waals surface area contributed by atoms with Crippen molar-refractivity contribution in [1.29, 1.82) is 0 Å². The van der Waals surface area contributed by atoms with Crippen molar-refractivity contribution in [3.63, 3.8) is 0 Å². The second-order valence-corrected chi connectivity index (χ2v) is 7.63. The molecule has 0 fully saturated rings. The average molecular weight is 364 g/mol. The number of halogens is 1. The first kappa shape index (κ1) is 16.5. The van der Waals surface area contributed by atoms with Gasteiger partial charge >= 0.3 is 0 Å². The monoisotopic (exact) mass is 363 g/mol. The molecule has 0 spiro atoms. The van der Waals surface area contributed by atoms with Gasteiger partial charge in [0, 0.05) is 23.7 Å². The Balaban J connectivity index is 2.28. The Morgan fingerprint density at radius 2 is 1.75 bits per heavy atom. The van der Waals surface area contributed by atoms with Crippen LogP contribution in [0.1, 0.15) is 0 Å². The Morgan fingerprint density at radius 3 is 2.38 bits per heavy atom. The van der Waals surface area contributed by atoms with Crippen LogP contribution in [0.5, 0.6) is 5.75 Å². The summed E-state index contributed by atoms with van der Waals surface area (Å²) in [5.41, 5.74) is 0.0412. The largest absolute Gasteiger partial charge is 0.497 e. The molecule has 3 rings (SSSR count). The van der Waals surface area contributed by atoms with Crippen molar-refractivity contribution in [3.05, 3.63) is 63.9 Å². The molecule has 0 radical (unpaired) electrons. The quantitative estimate of drug-likeness (QED) is 0.717. The van der Waals surface area contributed by atoms with Crippen molar-refractivity contribution in [2.45, 2.75) is 9.79 Å². The molecule has 0 amide bonds. The minimum atomic E-state index is -3.95. The number of ether oxygens (including phenoxy) is 1. The van der Waals surface area contributed by atoms with Gasteiger partial charge in [0.25, 0.3) is 0 Å². The van der Waals surface area contributed by atoms with Crippen LogP contribution >= 0.6 is 11.6 Å². The number of fused-ring (bicyclic) bond motifs is 1. The molecule has 0 saturated heterocycles. The highest BCUT2D eigenvalue weighted by atomic mass is 35.5. The number of aromatic nitrogens is 1. The zero-order valence-corrected chi connectivity index (χ0v) is 14.6. The summed E-state index contributed by atoms with van der Waals surface area (Å²) >= 11 is 5.95. The third kappa shape index (κ3) is 2.68. The topological polar surface area (TPSA) is 65.4 Å². The summed E-state index contributed by atoms with van der Waals surface area (Å²) in [6.45, 7) is 0. The maximum absolute atomic E-state index is 12.8. The van der Waals surface area contributed by atoms with Crippen LogP contribution < -0.4 is 10.2 Å². The van der Waals surface area contributed by atoms with E-state index in [0.717, 1.165) is 0 Å². The lowest BCUT2D eigenvalue weighted by molar-refractivity contribution is 0.414. The molecule has 0 atom stereocenters. The van der Waals surface area contributed by atoms with Crippen molar-refractivity contribution in [2.24, 2.45) is 7.05 Å². The van der Waals surface area contributed by atoms with Gasteiger partial charge in [0.1, 0.15) is 10.6 Å². The first-order valence-corrected chi connectivity index (χ1v) is 8.89. The van der Waals surface area contributed by atoms with Gasteiger partial charge < -0.3 is 9.30 Å². The molecule has 24 heavy (non-hydrogen) atoms. The number of methoxy groups -OCH3 is 1. The van der Waals surface area contributed by atoms with E-state index in [9.17, 15) is 13.2 Å². The minimum absolute atomic E-state index is 0.0294. The Hall–Kier alpha value is -2.31. The molecule has 5 nitrogen and oxygen atoms in total. The molecule has 124 valence electrons. The lowest BCUT2D eigenvalue weighted by Crippen LogP contribution is -2.18. The minimum Gasteiger partial charge on any atom is -0.497 e. The maximum atomic E-state index is 12.8. The molecule has 0 saturated carbocycles. The molecule has 0 N–H and O–H groups in total. The smallest absolute Gasteiger partial charge is 0.211 e. The molecule has 3 aromatic rings. The lowest BCUT2D eigenvalue weighted by atomic mass is 10.2. The van der Waals surface area contributed by atoms with E-state index >= 15 is 0 Å². The number of hydrogen-bond acceptors (Lipinski definition) is 4. The molecule has 0 aliphatic carbocycles. The number of aryl methyl sites for hydroxylation is 1. The first-order valence-electron chi connectivity index (χ1n) is 7.02. The predicted octanol–water partition coefficient (Wildman–Crippen LogP) is 3.03. The summed E-state index contributed by atoms with van der Waals surface area (Å²) in [5.74, 6) is 0.534. The van der Waals surface area contributed by atoms with Crippen molar-refractivity contribution in [1.82, 2.24) is 4.57 Å². The second-order valence-electron chi connectivity index (χ2n) is 5.27. The Labute approximate surface area is 144 Å². The standard InChI is InChI=1S/C17H14ClNO4S/c1-19-10-16(17(20)14-9-11(18)3-8-15(14)19)24(21,22)13-6-4-12(23-2)5-7-13/h3-10H,1-2H3. The molecule has 0 bridgehead atoms. The molecular weight excluding hydrogens is 350 g/mol. The van der Waals surface area contributed by atoms with Crippen LogP contribution in [0.15, 0.2) is 63.2 Å². The van der Waals surface area contributed by atoms with Crippen molar-refractivity contribution in [2.75, 3.05) is 7.11 Å². The number of nitrogens with zero attached hydrogens (tertiary/aromatic N) is 1. The van der Waals surface area contributed by atoms with Gasteiger partial charge in [-0.2, -0.15) is 0 Å². The summed E-state index contributed by atoms with van der Waals surface area (Å²) in [5, 5.41) is 0.637. The van der Waals surface area contributed by atoms with Gasteiger partial charge in [0.05, 0.1) is 17.5 Å². The highest BCUT2D eigenvalue weighted by Gasteiger charge is 2.23. The van der Waals surface area contributed by atoms with E-state index in [1.165, 1.54) is 43.6 Å². The van der Waals surface area contributed by atoms with Gasteiger partial charge in [0.15, 0.2) is 0 Å². The van der Waals surface area contributed by atoms with Crippen LogP contribution in [0.25, 0.3) is 10.9 Å².